The molecule has 18 heavy (non-hydrogen) atoms. The average Bonchev–Trinajstić information content (AvgIpc) is 2.84. The molecule has 2 aliphatic heterocycles. The molecule has 2 heteroatoms. The Kier molecular flexibility index (Phi) is 3.67. The van der Waals surface area contributed by atoms with Gasteiger partial charge in [0.25, 0.3) is 0 Å². The van der Waals surface area contributed by atoms with Gasteiger partial charge in [0.2, 0.25) is 0 Å². The molecule has 1 aromatic rings. The summed E-state index contributed by atoms with van der Waals surface area (Å²) in [5, 5.41) is 3.70. The average molecular weight is 244 g/mol. The van der Waals surface area contributed by atoms with Gasteiger partial charge < -0.3 is 5.32 Å². The Labute approximate surface area is 110 Å². The van der Waals surface area contributed by atoms with Gasteiger partial charge in [-0.1, -0.05) is 37.3 Å². The van der Waals surface area contributed by atoms with Crippen molar-refractivity contribution in [2.45, 2.75) is 38.3 Å². The smallest absolute Gasteiger partial charge is 0.0346 e. The Bertz CT molecular complexity index is 362. The van der Waals surface area contributed by atoms with Crippen molar-refractivity contribution in [1.29, 1.82) is 0 Å². The molecule has 0 saturated carbocycles. The van der Waals surface area contributed by atoms with E-state index >= 15 is 0 Å². The number of fused-ring (bicyclic) bond motifs is 1. The van der Waals surface area contributed by atoms with Gasteiger partial charge >= 0.3 is 0 Å². The van der Waals surface area contributed by atoms with Crippen LogP contribution in [0, 0.1) is 5.92 Å². The van der Waals surface area contributed by atoms with Crippen molar-refractivity contribution in [3.05, 3.63) is 35.9 Å². The summed E-state index contributed by atoms with van der Waals surface area (Å²) in [6.07, 6.45) is 3.99. The molecule has 1 aromatic carbocycles. The Morgan fingerprint density at radius 1 is 1.28 bits per heavy atom. The fourth-order valence-electron chi connectivity index (χ4n) is 3.71. The molecule has 2 saturated heterocycles. The van der Waals surface area contributed by atoms with E-state index in [1.807, 2.05) is 0 Å². The van der Waals surface area contributed by atoms with E-state index in [0.29, 0.717) is 6.04 Å². The zero-order valence-electron chi connectivity index (χ0n) is 11.3. The van der Waals surface area contributed by atoms with Crippen molar-refractivity contribution >= 4 is 0 Å². The predicted octanol–water partition coefficient (Wildman–Crippen LogP) is 2.82. The molecule has 2 aliphatic rings. The fourth-order valence-corrected chi connectivity index (χ4v) is 3.71. The van der Waals surface area contributed by atoms with E-state index in [2.05, 4.69) is 47.5 Å². The minimum atomic E-state index is 0.610. The number of rotatable bonds is 3. The van der Waals surface area contributed by atoms with Gasteiger partial charge in [0.1, 0.15) is 0 Å². The quantitative estimate of drug-likeness (QED) is 0.879. The Morgan fingerprint density at radius 2 is 2.11 bits per heavy atom. The molecule has 1 N–H and O–H groups in total. The largest absolute Gasteiger partial charge is 0.312 e. The summed E-state index contributed by atoms with van der Waals surface area (Å²) in [7, 11) is 0. The van der Waals surface area contributed by atoms with Crippen LogP contribution in [0.15, 0.2) is 30.3 Å². The summed E-state index contributed by atoms with van der Waals surface area (Å²) in [6, 6.07) is 12.4. The lowest BCUT2D eigenvalue weighted by atomic mass is 9.94. The first-order valence-corrected chi connectivity index (χ1v) is 7.41. The van der Waals surface area contributed by atoms with Crippen LogP contribution in [-0.4, -0.2) is 30.6 Å². The first-order valence-electron chi connectivity index (χ1n) is 7.41. The molecule has 3 atom stereocenters. The molecule has 2 fully saturated rings. The van der Waals surface area contributed by atoms with E-state index < -0.39 is 0 Å². The minimum Gasteiger partial charge on any atom is -0.312 e. The monoisotopic (exact) mass is 244 g/mol. The zero-order chi connectivity index (χ0) is 12.4. The Hall–Kier alpha value is -0.860. The van der Waals surface area contributed by atoms with Crippen molar-refractivity contribution in [3.63, 3.8) is 0 Å². The molecule has 0 radical (unpaired) electrons. The third-order valence-corrected chi connectivity index (χ3v) is 4.64. The molecule has 1 unspecified atom stereocenters. The van der Waals surface area contributed by atoms with Gasteiger partial charge in [0.05, 0.1) is 0 Å². The van der Waals surface area contributed by atoms with E-state index in [4.69, 9.17) is 0 Å². The van der Waals surface area contributed by atoms with Crippen LogP contribution in [0.1, 0.15) is 37.8 Å². The standard InChI is InChI=1S/C16H24N2/c1-2-16(13-7-4-3-5-8-13)18-11-14-9-6-10-17-15(14)12-18/h3-5,7-8,14-17H,2,6,9-12H2,1H3/t14-,15+,16?/m0/s1. The number of hydrogen-bond acceptors (Lipinski definition) is 2. The summed E-state index contributed by atoms with van der Waals surface area (Å²) in [5.74, 6) is 0.886. The second-order valence-corrected chi connectivity index (χ2v) is 5.75. The normalized spacial score (nSPS) is 30.1. The second-order valence-electron chi connectivity index (χ2n) is 5.75. The summed E-state index contributed by atoms with van der Waals surface area (Å²) < 4.78 is 0. The van der Waals surface area contributed by atoms with E-state index in [9.17, 15) is 0 Å². The maximum Gasteiger partial charge on any atom is 0.0346 e. The molecule has 98 valence electrons. The molecule has 0 aliphatic carbocycles. The topological polar surface area (TPSA) is 15.3 Å². The van der Waals surface area contributed by atoms with Crippen LogP contribution in [0.25, 0.3) is 0 Å². The first kappa shape index (κ1) is 12.2. The number of benzene rings is 1. The zero-order valence-corrected chi connectivity index (χ0v) is 11.3. The molecular formula is C16H24N2. The summed E-state index contributed by atoms with van der Waals surface area (Å²) >= 11 is 0. The van der Waals surface area contributed by atoms with Crippen molar-refractivity contribution in [1.82, 2.24) is 10.2 Å². The molecule has 0 amide bonds. The van der Waals surface area contributed by atoms with E-state index in [0.717, 1.165) is 12.0 Å². The predicted molar refractivity (Wildman–Crippen MR) is 75.6 cm³/mol. The van der Waals surface area contributed by atoms with Crippen LogP contribution in [0.5, 0.6) is 0 Å². The lowest BCUT2D eigenvalue weighted by Gasteiger charge is -2.27. The number of hydrogen-bond donors (Lipinski definition) is 1. The first-order chi connectivity index (χ1) is 8.88. The number of likely N-dealkylation sites (tertiary alicyclic amines) is 1. The highest BCUT2D eigenvalue weighted by molar-refractivity contribution is 5.19. The van der Waals surface area contributed by atoms with Crippen LogP contribution in [0.3, 0.4) is 0 Å². The minimum absolute atomic E-state index is 0.610. The van der Waals surface area contributed by atoms with Crippen molar-refractivity contribution in [3.8, 4) is 0 Å². The van der Waals surface area contributed by atoms with Crippen LogP contribution in [-0.2, 0) is 0 Å². The van der Waals surface area contributed by atoms with Crippen LogP contribution < -0.4 is 5.32 Å². The van der Waals surface area contributed by atoms with Crippen molar-refractivity contribution < 1.29 is 0 Å². The van der Waals surface area contributed by atoms with E-state index in [1.165, 1.54) is 44.5 Å². The maximum atomic E-state index is 3.70. The summed E-state index contributed by atoms with van der Waals surface area (Å²) in [6.45, 7) is 6.05. The number of nitrogens with one attached hydrogen (secondary N) is 1. The van der Waals surface area contributed by atoms with Gasteiger partial charge in [0.15, 0.2) is 0 Å². The van der Waals surface area contributed by atoms with Crippen molar-refractivity contribution in [2.24, 2.45) is 5.92 Å². The lowest BCUT2D eigenvalue weighted by Crippen LogP contribution is -2.40. The van der Waals surface area contributed by atoms with Crippen LogP contribution >= 0.6 is 0 Å². The number of nitrogens with zero attached hydrogens (tertiary/aromatic N) is 1. The molecule has 0 spiro atoms. The van der Waals surface area contributed by atoms with Gasteiger partial charge in [-0.25, -0.2) is 0 Å². The van der Waals surface area contributed by atoms with Gasteiger partial charge in [-0.15, -0.1) is 0 Å². The van der Waals surface area contributed by atoms with E-state index in [1.54, 1.807) is 0 Å². The highest BCUT2D eigenvalue weighted by Crippen LogP contribution is 2.33. The molecule has 2 nitrogen and oxygen atoms in total. The van der Waals surface area contributed by atoms with Crippen molar-refractivity contribution in [2.75, 3.05) is 19.6 Å². The van der Waals surface area contributed by atoms with Crippen LogP contribution in [0.2, 0.25) is 0 Å². The highest BCUT2D eigenvalue weighted by Gasteiger charge is 2.36. The van der Waals surface area contributed by atoms with Gasteiger partial charge in [0, 0.05) is 25.2 Å². The van der Waals surface area contributed by atoms with Gasteiger partial charge in [-0.2, -0.15) is 0 Å². The third-order valence-electron chi connectivity index (χ3n) is 4.64. The van der Waals surface area contributed by atoms with Crippen LogP contribution in [0.4, 0.5) is 0 Å². The summed E-state index contributed by atoms with van der Waals surface area (Å²) in [4.78, 5) is 2.70. The molecular weight excluding hydrogens is 220 g/mol. The molecule has 0 bridgehead atoms. The third kappa shape index (κ3) is 2.32. The van der Waals surface area contributed by atoms with Gasteiger partial charge in [-0.05, 0) is 37.3 Å². The Balaban J connectivity index is 1.73. The molecule has 3 rings (SSSR count). The summed E-state index contributed by atoms with van der Waals surface area (Å²) in [5.41, 5.74) is 1.48. The maximum absolute atomic E-state index is 3.70. The van der Waals surface area contributed by atoms with Gasteiger partial charge in [-0.3, -0.25) is 4.90 Å². The van der Waals surface area contributed by atoms with E-state index in [-0.39, 0.29) is 0 Å². The number of piperidine rings is 1. The highest BCUT2D eigenvalue weighted by atomic mass is 15.2. The SMILES string of the molecule is CCC(c1ccccc1)N1C[C@@H]2CCCN[C@@H]2C1. The molecule has 2 heterocycles. The lowest BCUT2D eigenvalue weighted by molar-refractivity contribution is 0.228. The fraction of sp³-hybridized carbons (Fsp3) is 0.625. The molecule has 0 aromatic heterocycles. The second kappa shape index (κ2) is 5.41. The Morgan fingerprint density at radius 3 is 2.83 bits per heavy atom.